The van der Waals surface area contributed by atoms with E-state index in [0.717, 1.165) is 11.1 Å². The lowest BCUT2D eigenvalue weighted by Crippen LogP contribution is -2.29. The molecular weight excluding hydrogens is 297 g/mol. The molecule has 21 heavy (non-hydrogen) atoms. The van der Waals surface area contributed by atoms with E-state index in [9.17, 15) is 17.6 Å². The second kappa shape index (κ2) is 6.02. The van der Waals surface area contributed by atoms with Crippen LogP contribution in [0.1, 0.15) is 0 Å². The summed E-state index contributed by atoms with van der Waals surface area (Å²) in [4.78, 5) is 10.4. The molecule has 5 nitrogen and oxygen atoms in total. The number of carbonyl (C=O) groups is 1. The van der Waals surface area contributed by atoms with E-state index in [2.05, 4.69) is 0 Å². The van der Waals surface area contributed by atoms with Crippen LogP contribution >= 0.6 is 0 Å². The largest absolute Gasteiger partial charge is 0.480 e. The number of carboxylic acids is 1. The number of halogens is 1. The molecule has 110 valence electrons. The summed E-state index contributed by atoms with van der Waals surface area (Å²) in [7, 11) is -3.85. The van der Waals surface area contributed by atoms with Crippen molar-refractivity contribution in [3.63, 3.8) is 0 Å². The van der Waals surface area contributed by atoms with Crippen LogP contribution in [0.5, 0.6) is 0 Å². The molecule has 0 bridgehead atoms. The summed E-state index contributed by atoms with van der Waals surface area (Å²) in [5.74, 6) is -1.61. The number of rotatable bonds is 5. The van der Waals surface area contributed by atoms with Gasteiger partial charge in [0.15, 0.2) is 0 Å². The van der Waals surface area contributed by atoms with Crippen molar-refractivity contribution in [1.82, 2.24) is 4.72 Å². The van der Waals surface area contributed by atoms with Gasteiger partial charge in [-0.1, -0.05) is 24.3 Å². The highest BCUT2D eigenvalue weighted by Gasteiger charge is 2.15. The Kier molecular flexibility index (Phi) is 4.35. The fourth-order valence-electron chi connectivity index (χ4n) is 1.71. The van der Waals surface area contributed by atoms with Crippen molar-refractivity contribution in [3.05, 3.63) is 54.3 Å². The van der Waals surface area contributed by atoms with Crippen LogP contribution in [0.25, 0.3) is 11.1 Å². The Hall–Kier alpha value is -2.25. The molecule has 0 saturated carbocycles. The Morgan fingerprint density at radius 3 is 1.95 bits per heavy atom. The van der Waals surface area contributed by atoms with Crippen molar-refractivity contribution in [2.45, 2.75) is 4.90 Å². The Bertz CT molecular complexity index is 740. The zero-order valence-electron chi connectivity index (χ0n) is 10.8. The van der Waals surface area contributed by atoms with Gasteiger partial charge in [0.25, 0.3) is 0 Å². The molecule has 0 heterocycles. The van der Waals surface area contributed by atoms with E-state index in [-0.39, 0.29) is 10.7 Å². The topological polar surface area (TPSA) is 83.5 Å². The van der Waals surface area contributed by atoms with Crippen molar-refractivity contribution in [1.29, 1.82) is 0 Å². The summed E-state index contributed by atoms with van der Waals surface area (Å²) in [6, 6.07) is 11.7. The number of aliphatic carboxylic acids is 1. The summed E-state index contributed by atoms with van der Waals surface area (Å²) in [6.45, 7) is -0.679. The van der Waals surface area contributed by atoms with Crippen molar-refractivity contribution >= 4 is 16.0 Å². The second-order valence-corrected chi connectivity index (χ2v) is 6.02. The molecule has 0 saturated heterocycles. The van der Waals surface area contributed by atoms with Gasteiger partial charge in [-0.3, -0.25) is 4.79 Å². The van der Waals surface area contributed by atoms with E-state index in [4.69, 9.17) is 5.11 Å². The Labute approximate surface area is 121 Å². The molecule has 2 N–H and O–H groups in total. The molecular formula is C14H12FNO4S. The molecule has 0 unspecified atom stereocenters. The highest BCUT2D eigenvalue weighted by molar-refractivity contribution is 7.89. The molecule has 7 heteroatoms. The zero-order valence-corrected chi connectivity index (χ0v) is 11.6. The lowest BCUT2D eigenvalue weighted by atomic mass is 10.1. The molecule has 0 aliphatic carbocycles. The van der Waals surface area contributed by atoms with Gasteiger partial charge in [0.1, 0.15) is 12.4 Å². The first-order valence-electron chi connectivity index (χ1n) is 5.96. The average molecular weight is 309 g/mol. The van der Waals surface area contributed by atoms with Gasteiger partial charge >= 0.3 is 5.97 Å². The van der Waals surface area contributed by atoms with Crippen LogP contribution in [0.2, 0.25) is 0 Å². The smallest absolute Gasteiger partial charge is 0.318 e. The van der Waals surface area contributed by atoms with Crippen LogP contribution < -0.4 is 4.72 Å². The second-order valence-electron chi connectivity index (χ2n) is 4.25. The minimum absolute atomic E-state index is 0.0328. The minimum Gasteiger partial charge on any atom is -0.480 e. The minimum atomic E-state index is -3.85. The zero-order chi connectivity index (χ0) is 15.5. The molecule has 0 aliphatic rings. The summed E-state index contributed by atoms with van der Waals surface area (Å²) in [5.41, 5.74) is 1.48. The standard InChI is InChI=1S/C14H12FNO4S/c15-12-5-1-10(2-6-12)11-3-7-13(8-4-11)21(19,20)16-9-14(17)18/h1-8,16H,9H2,(H,17,18). The highest BCUT2D eigenvalue weighted by Crippen LogP contribution is 2.21. The van der Waals surface area contributed by atoms with E-state index >= 15 is 0 Å². The number of benzene rings is 2. The summed E-state index contributed by atoms with van der Waals surface area (Å²) in [5, 5.41) is 8.48. The third kappa shape index (κ3) is 3.87. The number of hydrogen-bond acceptors (Lipinski definition) is 3. The lowest BCUT2D eigenvalue weighted by molar-refractivity contribution is -0.135. The molecule has 2 aromatic carbocycles. The van der Waals surface area contributed by atoms with E-state index in [0.29, 0.717) is 0 Å². The van der Waals surface area contributed by atoms with Gasteiger partial charge in [0.05, 0.1) is 4.90 Å². The van der Waals surface area contributed by atoms with Crippen LogP contribution in [-0.2, 0) is 14.8 Å². The highest BCUT2D eigenvalue weighted by atomic mass is 32.2. The first kappa shape index (κ1) is 15.1. The van der Waals surface area contributed by atoms with Crippen LogP contribution in [0.4, 0.5) is 4.39 Å². The van der Waals surface area contributed by atoms with Gasteiger partial charge in [-0.05, 0) is 35.4 Å². The van der Waals surface area contributed by atoms with Crippen molar-refractivity contribution in [2.75, 3.05) is 6.54 Å². The van der Waals surface area contributed by atoms with Gasteiger partial charge in [-0.15, -0.1) is 0 Å². The Morgan fingerprint density at radius 2 is 1.48 bits per heavy atom. The molecule has 0 aromatic heterocycles. The van der Waals surface area contributed by atoms with Crippen molar-refractivity contribution in [3.8, 4) is 11.1 Å². The molecule has 0 amide bonds. The van der Waals surface area contributed by atoms with Crippen LogP contribution in [-0.4, -0.2) is 26.0 Å². The molecule has 0 fully saturated rings. The third-order valence-electron chi connectivity index (χ3n) is 2.76. The first-order valence-corrected chi connectivity index (χ1v) is 7.44. The Balaban J connectivity index is 2.22. The van der Waals surface area contributed by atoms with Gasteiger partial charge in [-0.2, -0.15) is 4.72 Å². The van der Waals surface area contributed by atoms with Gasteiger partial charge in [0, 0.05) is 0 Å². The maximum atomic E-state index is 12.8. The molecule has 0 radical (unpaired) electrons. The van der Waals surface area contributed by atoms with E-state index in [1.807, 2.05) is 4.72 Å². The van der Waals surface area contributed by atoms with Crippen molar-refractivity contribution in [2.24, 2.45) is 0 Å². The van der Waals surface area contributed by atoms with Crippen LogP contribution in [0.15, 0.2) is 53.4 Å². The SMILES string of the molecule is O=C(O)CNS(=O)(=O)c1ccc(-c2ccc(F)cc2)cc1. The molecule has 2 rings (SSSR count). The molecule has 0 atom stereocenters. The fraction of sp³-hybridized carbons (Fsp3) is 0.0714. The maximum Gasteiger partial charge on any atom is 0.318 e. The summed E-state index contributed by atoms with van der Waals surface area (Å²) >= 11 is 0. The summed E-state index contributed by atoms with van der Waals surface area (Å²) in [6.07, 6.45) is 0. The molecule has 2 aromatic rings. The Morgan fingerprint density at radius 1 is 1.00 bits per heavy atom. The first-order chi connectivity index (χ1) is 9.88. The van der Waals surface area contributed by atoms with Crippen LogP contribution in [0.3, 0.4) is 0 Å². The lowest BCUT2D eigenvalue weighted by Gasteiger charge is -2.06. The monoisotopic (exact) mass is 309 g/mol. The summed E-state index contributed by atoms with van der Waals surface area (Å²) < 4.78 is 38.4. The van der Waals surface area contributed by atoms with Gasteiger partial charge < -0.3 is 5.11 Å². The number of carboxylic acid groups (broad SMARTS) is 1. The molecule has 0 aliphatic heterocycles. The maximum absolute atomic E-state index is 12.8. The van der Waals surface area contributed by atoms with Crippen LogP contribution in [0, 0.1) is 5.82 Å². The number of sulfonamides is 1. The molecule has 0 spiro atoms. The third-order valence-corrected chi connectivity index (χ3v) is 4.17. The van der Waals surface area contributed by atoms with Gasteiger partial charge in [0.2, 0.25) is 10.0 Å². The van der Waals surface area contributed by atoms with E-state index in [1.54, 1.807) is 24.3 Å². The quantitative estimate of drug-likeness (QED) is 0.883. The number of nitrogens with one attached hydrogen (secondary N) is 1. The predicted molar refractivity (Wildman–Crippen MR) is 74.7 cm³/mol. The van der Waals surface area contributed by atoms with E-state index < -0.39 is 22.5 Å². The van der Waals surface area contributed by atoms with Gasteiger partial charge in [-0.25, -0.2) is 12.8 Å². The predicted octanol–water partition coefficient (Wildman–Crippen LogP) is 1.86. The normalized spacial score (nSPS) is 11.3. The van der Waals surface area contributed by atoms with E-state index in [1.165, 1.54) is 24.3 Å². The fourth-order valence-corrected chi connectivity index (χ4v) is 2.68. The average Bonchev–Trinajstić information content (AvgIpc) is 2.46. The number of hydrogen-bond donors (Lipinski definition) is 2. The van der Waals surface area contributed by atoms with Crippen molar-refractivity contribution < 1.29 is 22.7 Å².